The summed E-state index contributed by atoms with van der Waals surface area (Å²) in [6, 6.07) is 8.48. The van der Waals surface area contributed by atoms with Gasteiger partial charge in [0.1, 0.15) is 0 Å². The number of aromatic nitrogens is 3. The zero-order valence-corrected chi connectivity index (χ0v) is 18.1. The van der Waals surface area contributed by atoms with E-state index in [2.05, 4.69) is 61.8 Å². The molecule has 150 valence electrons. The molecule has 1 aromatic heterocycles. The highest BCUT2D eigenvalue weighted by Gasteiger charge is 2.26. The van der Waals surface area contributed by atoms with Crippen LogP contribution in [-0.2, 0) is 16.8 Å². The van der Waals surface area contributed by atoms with Gasteiger partial charge in [0, 0.05) is 25.2 Å². The van der Waals surface area contributed by atoms with Crippen molar-refractivity contribution in [2.24, 2.45) is 0 Å². The average molecular weight is 399 g/mol. The van der Waals surface area contributed by atoms with Gasteiger partial charge < -0.3 is 4.90 Å². The number of carbonyl (C=O) groups excluding carboxylic acids is 1. The minimum Gasteiger partial charge on any atom is -0.342 e. The third-order valence-electron chi connectivity index (χ3n) is 5.09. The van der Waals surface area contributed by atoms with Crippen molar-refractivity contribution in [2.45, 2.75) is 62.9 Å². The molecule has 1 atom stereocenters. The predicted molar refractivity (Wildman–Crippen MR) is 115 cm³/mol. The maximum absolute atomic E-state index is 12.7. The first-order valence-corrected chi connectivity index (χ1v) is 10.8. The van der Waals surface area contributed by atoms with Gasteiger partial charge in [0.05, 0.1) is 5.25 Å². The monoisotopic (exact) mass is 398 g/mol. The van der Waals surface area contributed by atoms with Crippen molar-refractivity contribution in [1.29, 1.82) is 0 Å². The summed E-state index contributed by atoms with van der Waals surface area (Å²) in [4.78, 5) is 14.6. The number of carbonyl (C=O) groups is 1. The fourth-order valence-electron chi connectivity index (χ4n) is 3.41. The van der Waals surface area contributed by atoms with Crippen LogP contribution in [-0.4, -0.2) is 43.9 Å². The molecule has 0 N–H and O–H groups in total. The van der Waals surface area contributed by atoms with Crippen LogP contribution < -0.4 is 0 Å². The van der Waals surface area contributed by atoms with E-state index in [9.17, 15) is 4.79 Å². The topological polar surface area (TPSA) is 51.0 Å². The molecule has 2 aromatic rings. The summed E-state index contributed by atoms with van der Waals surface area (Å²) in [6.07, 6.45) is 4.04. The number of rotatable bonds is 6. The molecule has 0 saturated carbocycles. The fourth-order valence-corrected chi connectivity index (χ4v) is 4.35. The van der Waals surface area contributed by atoms with Gasteiger partial charge in [0.25, 0.3) is 0 Å². The zero-order chi connectivity index (χ0) is 20.3. The smallest absolute Gasteiger partial charge is 0.235 e. The van der Waals surface area contributed by atoms with Gasteiger partial charge in [0.2, 0.25) is 5.91 Å². The van der Waals surface area contributed by atoms with Gasteiger partial charge in [-0.15, -0.1) is 16.8 Å². The summed E-state index contributed by atoms with van der Waals surface area (Å²) in [6.45, 7) is 14.8. The summed E-state index contributed by atoms with van der Waals surface area (Å²) in [5.74, 6) is 0.996. The van der Waals surface area contributed by atoms with E-state index in [4.69, 9.17) is 0 Å². The first kappa shape index (κ1) is 20.6. The van der Waals surface area contributed by atoms with Crippen LogP contribution in [0, 0.1) is 0 Å². The quantitative estimate of drug-likeness (QED) is 0.530. The lowest BCUT2D eigenvalue weighted by atomic mass is 9.87. The Hall–Kier alpha value is -2.08. The largest absolute Gasteiger partial charge is 0.342 e. The minimum absolute atomic E-state index is 0.111. The molecule has 1 saturated heterocycles. The number of hydrogen-bond acceptors (Lipinski definition) is 4. The van der Waals surface area contributed by atoms with E-state index in [1.165, 1.54) is 17.3 Å². The highest BCUT2D eigenvalue weighted by Crippen LogP contribution is 2.30. The maximum atomic E-state index is 12.7. The van der Waals surface area contributed by atoms with Crippen molar-refractivity contribution in [2.75, 3.05) is 13.1 Å². The molecule has 28 heavy (non-hydrogen) atoms. The molecular formula is C22H30N4OS. The molecule has 3 rings (SSSR count). The lowest BCUT2D eigenvalue weighted by Crippen LogP contribution is -2.34. The van der Waals surface area contributed by atoms with E-state index in [-0.39, 0.29) is 16.6 Å². The number of nitrogens with zero attached hydrogens (tertiary/aromatic N) is 4. The zero-order valence-electron chi connectivity index (χ0n) is 17.3. The lowest BCUT2D eigenvalue weighted by molar-refractivity contribution is -0.129. The first-order chi connectivity index (χ1) is 13.3. The van der Waals surface area contributed by atoms with Crippen molar-refractivity contribution >= 4 is 17.7 Å². The Kier molecular flexibility index (Phi) is 6.28. The second kappa shape index (κ2) is 8.52. The number of hydrogen-bond donors (Lipinski definition) is 0. The maximum Gasteiger partial charge on any atom is 0.235 e. The number of allylic oxidation sites excluding steroid dienone is 1. The summed E-state index contributed by atoms with van der Waals surface area (Å²) in [5, 5.41) is 9.40. The Morgan fingerprint density at radius 1 is 1.21 bits per heavy atom. The van der Waals surface area contributed by atoms with E-state index in [0.29, 0.717) is 6.54 Å². The lowest BCUT2D eigenvalue weighted by Gasteiger charge is -2.20. The average Bonchev–Trinajstić information content (AvgIpc) is 3.32. The van der Waals surface area contributed by atoms with Gasteiger partial charge in [-0.3, -0.25) is 9.36 Å². The molecule has 5 nitrogen and oxygen atoms in total. The molecule has 6 heteroatoms. The molecule has 1 aliphatic rings. The van der Waals surface area contributed by atoms with Gasteiger partial charge in [-0.1, -0.05) is 62.9 Å². The molecule has 0 bridgehead atoms. The molecule has 1 aromatic carbocycles. The number of benzene rings is 1. The predicted octanol–water partition coefficient (Wildman–Crippen LogP) is 4.53. The fraction of sp³-hybridized carbons (Fsp3) is 0.500. The van der Waals surface area contributed by atoms with Crippen LogP contribution in [0.25, 0.3) is 11.4 Å². The van der Waals surface area contributed by atoms with Crippen LogP contribution in [0.5, 0.6) is 0 Å². The van der Waals surface area contributed by atoms with Crippen molar-refractivity contribution in [1.82, 2.24) is 19.7 Å². The van der Waals surface area contributed by atoms with E-state index in [1.807, 2.05) is 22.5 Å². The van der Waals surface area contributed by atoms with Crippen molar-refractivity contribution in [3.05, 3.63) is 42.5 Å². The number of amides is 1. The Morgan fingerprint density at radius 2 is 1.86 bits per heavy atom. The van der Waals surface area contributed by atoms with Crippen molar-refractivity contribution in [3.63, 3.8) is 0 Å². The van der Waals surface area contributed by atoms with E-state index < -0.39 is 0 Å². The van der Waals surface area contributed by atoms with Crippen LogP contribution in [0.3, 0.4) is 0 Å². The summed E-state index contributed by atoms with van der Waals surface area (Å²) < 4.78 is 2.04. The second-order valence-corrected chi connectivity index (χ2v) is 9.63. The van der Waals surface area contributed by atoms with E-state index >= 15 is 0 Å². The van der Waals surface area contributed by atoms with E-state index in [1.54, 1.807) is 0 Å². The van der Waals surface area contributed by atoms with Crippen molar-refractivity contribution < 1.29 is 4.79 Å². The van der Waals surface area contributed by atoms with Crippen molar-refractivity contribution in [3.8, 4) is 11.4 Å². The Bertz CT molecular complexity index is 829. The summed E-state index contributed by atoms with van der Waals surface area (Å²) in [7, 11) is 0. The van der Waals surface area contributed by atoms with Crippen LogP contribution in [0.2, 0.25) is 0 Å². The van der Waals surface area contributed by atoms with Crippen LogP contribution in [0.1, 0.15) is 46.1 Å². The molecule has 0 radical (unpaired) electrons. The van der Waals surface area contributed by atoms with E-state index in [0.717, 1.165) is 42.5 Å². The molecule has 1 amide bonds. The third-order valence-corrected chi connectivity index (χ3v) is 6.15. The van der Waals surface area contributed by atoms with Crippen LogP contribution in [0.15, 0.2) is 42.1 Å². The molecule has 0 aliphatic carbocycles. The SMILES string of the molecule is C=CCn1c(SC(C)C(=O)N2CCCC2)nnc1-c1ccc(C(C)(C)C)cc1. The molecular weight excluding hydrogens is 368 g/mol. The first-order valence-electron chi connectivity index (χ1n) is 9.91. The van der Waals surface area contributed by atoms with Crippen LogP contribution in [0.4, 0.5) is 0 Å². The van der Waals surface area contributed by atoms with Gasteiger partial charge in [0.15, 0.2) is 11.0 Å². The molecule has 2 heterocycles. The molecule has 0 spiro atoms. The van der Waals surface area contributed by atoms with Gasteiger partial charge in [-0.25, -0.2) is 0 Å². The molecule has 1 fully saturated rings. The summed E-state index contributed by atoms with van der Waals surface area (Å²) in [5.41, 5.74) is 2.41. The number of thioether (sulfide) groups is 1. The molecule has 1 unspecified atom stereocenters. The van der Waals surface area contributed by atoms with Gasteiger partial charge in [-0.2, -0.15) is 0 Å². The van der Waals surface area contributed by atoms with Gasteiger partial charge >= 0.3 is 0 Å². The standard InChI is InChI=1S/C22H30N4OS/c1-6-13-26-19(17-9-11-18(12-10-17)22(3,4)5)23-24-21(26)28-16(2)20(27)25-14-7-8-15-25/h6,9-12,16H,1,7-8,13-15H2,2-5H3. The Balaban J connectivity index is 1.83. The second-order valence-electron chi connectivity index (χ2n) is 8.33. The normalized spacial score (nSPS) is 15.6. The van der Waals surface area contributed by atoms with Gasteiger partial charge in [-0.05, 0) is 30.7 Å². The third kappa shape index (κ3) is 4.49. The Morgan fingerprint density at radius 3 is 2.43 bits per heavy atom. The Labute approximate surface area is 172 Å². The highest BCUT2D eigenvalue weighted by molar-refractivity contribution is 8.00. The minimum atomic E-state index is -0.179. The highest BCUT2D eigenvalue weighted by atomic mass is 32.2. The van der Waals surface area contributed by atoms with Crippen LogP contribution >= 0.6 is 11.8 Å². The number of likely N-dealkylation sites (tertiary alicyclic amines) is 1. The summed E-state index contributed by atoms with van der Waals surface area (Å²) >= 11 is 1.48. The molecule has 1 aliphatic heterocycles.